The molecule has 1 saturated heterocycles. The Labute approximate surface area is 285 Å². The lowest BCUT2D eigenvalue weighted by Gasteiger charge is -2.39. The fourth-order valence-corrected chi connectivity index (χ4v) is 9.21. The molecule has 0 N–H and O–H groups in total. The van der Waals surface area contributed by atoms with E-state index >= 15 is 14.4 Å². The summed E-state index contributed by atoms with van der Waals surface area (Å²) in [6.45, 7) is 4.08. The van der Waals surface area contributed by atoms with Crippen LogP contribution in [0.25, 0.3) is 21.9 Å². The van der Waals surface area contributed by atoms with Crippen molar-refractivity contribution in [3.05, 3.63) is 185 Å². The summed E-state index contributed by atoms with van der Waals surface area (Å²) in [4.78, 5) is 48.3. The van der Waals surface area contributed by atoms with Crippen LogP contribution >= 0.6 is 0 Å². The van der Waals surface area contributed by atoms with Gasteiger partial charge in [-0.15, -0.1) is 0 Å². The van der Waals surface area contributed by atoms with E-state index in [2.05, 4.69) is 48.5 Å². The Balaban J connectivity index is 1.45. The van der Waals surface area contributed by atoms with Gasteiger partial charge in [0.2, 0.25) is 11.8 Å². The summed E-state index contributed by atoms with van der Waals surface area (Å²) in [5.74, 6) is -2.71. The van der Waals surface area contributed by atoms with E-state index in [0.717, 1.165) is 55.3 Å². The minimum absolute atomic E-state index is 0.113. The van der Waals surface area contributed by atoms with Crippen molar-refractivity contribution in [1.29, 1.82) is 0 Å². The van der Waals surface area contributed by atoms with Crippen molar-refractivity contribution in [3.8, 4) is 0 Å². The predicted molar refractivity (Wildman–Crippen MR) is 194 cm³/mol. The Hall–Kier alpha value is -5.87. The number of aryl methyl sites for hydroxylation is 2. The highest BCUT2D eigenvalue weighted by Crippen LogP contribution is 2.74. The van der Waals surface area contributed by atoms with Crippen LogP contribution in [0.2, 0.25) is 0 Å². The third-order valence-corrected chi connectivity index (χ3v) is 11.1. The van der Waals surface area contributed by atoms with Crippen LogP contribution < -0.4 is 4.90 Å². The van der Waals surface area contributed by atoms with Gasteiger partial charge in [-0.25, -0.2) is 4.90 Å². The number of rotatable bonds is 5. The lowest BCUT2D eigenvalue weighted by Crippen LogP contribution is -2.45. The molecule has 6 aromatic carbocycles. The highest BCUT2D eigenvalue weighted by Gasteiger charge is 2.82. The van der Waals surface area contributed by atoms with Crippen molar-refractivity contribution in [2.45, 2.75) is 24.7 Å². The van der Waals surface area contributed by atoms with E-state index in [1.165, 1.54) is 4.90 Å². The summed E-state index contributed by atoms with van der Waals surface area (Å²) in [6, 6.07) is 49.4. The zero-order valence-electron chi connectivity index (χ0n) is 27.3. The number of amides is 2. The number of hydrogen-bond acceptors (Lipinski definition) is 3. The maximum atomic E-state index is 16.1. The Bertz CT molecular complexity index is 2230. The van der Waals surface area contributed by atoms with Gasteiger partial charge >= 0.3 is 0 Å². The molecule has 0 spiro atoms. The molecule has 2 aliphatic carbocycles. The average Bonchev–Trinajstić information content (AvgIpc) is 3.65. The normalized spacial score (nSPS) is 24.3. The molecule has 4 atom stereocenters. The number of Topliss-reactive ketones (excluding diaryl/α,β-unsaturated/α-hetero) is 1. The van der Waals surface area contributed by atoms with Gasteiger partial charge in [-0.2, -0.15) is 0 Å². The number of benzene rings is 6. The number of hydrogen-bond donors (Lipinski definition) is 0. The molecule has 9 rings (SSSR count). The molecule has 1 saturated carbocycles. The van der Waals surface area contributed by atoms with Crippen molar-refractivity contribution in [2.75, 3.05) is 4.90 Å². The van der Waals surface area contributed by atoms with Gasteiger partial charge in [-0.1, -0.05) is 157 Å². The lowest BCUT2D eigenvalue weighted by atomic mass is 9.59. The van der Waals surface area contributed by atoms with Crippen molar-refractivity contribution in [1.82, 2.24) is 0 Å². The van der Waals surface area contributed by atoms with E-state index in [4.69, 9.17) is 0 Å². The Kier molecular flexibility index (Phi) is 6.31. The van der Waals surface area contributed by atoms with Gasteiger partial charge in [0.15, 0.2) is 5.78 Å². The molecule has 1 aliphatic heterocycles. The number of anilines is 1. The first kappa shape index (κ1) is 29.3. The van der Waals surface area contributed by atoms with Crippen LogP contribution in [0.15, 0.2) is 152 Å². The average molecular weight is 636 g/mol. The van der Waals surface area contributed by atoms with Crippen LogP contribution in [-0.4, -0.2) is 17.6 Å². The van der Waals surface area contributed by atoms with Gasteiger partial charge < -0.3 is 0 Å². The van der Waals surface area contributed by atoms with Crippen LogP contribution in [0, 0.1) is 25.7 Å². The SMILES string of the molecule is Cc1ccc(C2=C(c3ccc(C)cc3)[C@@]3(c4ccccc4)C(=O)[C@@]2(c2ccccc2)[C@H]2C(=O)N(c4cccc5ccccc45)C(=O)[C@@H]23)cc1. The number of allylic oxidation sites excluding steroid dienone is 2. The van der Waals surface area contributed by atoms with E-state index in [9.17, 15) is 0 Å². The largest absolute Gasteiger partial charge is 0.297 e. The molecular formula is C45H33NO3. The van der Waals surface area contributed by atoms with Crippen LogP contribution in [-0.2, 0) is 25.2 Å². The third-order valence-electron chi connectivity index (χ3n) is 11.1. The van der Waals surface area contributed by atoms with Crippen molar-refractivity contribution in [3.63, 3.8) is 0 Å². The fourth-order valence-electron chi connectivity index (χ4n) is 9.21. The van der Waals surface area contributed by atoms with Gasteiger partial charge in [0.25, 0.3) is 0 Å². The quantitative estimate of drug-likeness (QED) is 0.178. The molecule has 2 bridgehead atoms. The second kappa shape index (κ2) is 10.6. The van der Waals surface area contributed by atoms with Gasteiger partial charge in [0, 0.05) is 5.39 Å². The molecule has 2 amide bonds. The number of ketones is 1. The standard InChI is InChI=1S/C45H33NO3/c1-28-20-24-31(25-21-28)37-38(32-26-22-29(2)23-27-32)45(34-16-7-4-8-17-34)40-39(44(37,43(45)49)33-14-5-3-6-15-33)41(47)46(42(40)48)36-19-11-13-30-12-9-10-18-35(30)36/h3-27,39-40H,1-2H3/t39-,40-,44-,45-/m1/s1. The minimum Gasteiger partial charge on any atom is -0.297 e. The maximum Gasteiger partial charge on any atom is 0.239 e. The van der Waals surface area contributed by atoms with Gasteiger partial charge in [0.05, 0.1) is 28.4 Å². The van der Waals surface area contributed by atoms with Gasteiger partial charge in [-0.3, -0.25) is 14.4 Å². The first-order valence-corrected chi connectivity index (χ1v) is 16.8. The van der Waals surface area contributed by atoms with Crippen molar-refractivity contribution < 1.29 is 14.4 Å². The zero-order valence-corrected chi connectivity index (χ0v) is 27.3. The van der Waals surface area contributed by atoms with Crippen LogP contribution in [0.5, 0.6) is 0 Å². The zero-order chi connectivity index (χ0) is 33.5. The fraction of sp³-hybridized carbons (Fsp3) is 0.133. The molecule has 4 nitrogen and oxygen atoms in total. The van der Waals surface area contributed by atoms with Gasteiger partial charge in [0.1, 0.15) is 0 Å². The summed E-state index contributed by atoms with van der Waals surface area (Å²) < 4.78 is 0. The minimum atomic E-state index is -1.43. The molecule has 49 heavy (non-hydrogen) atoms. The van der Waals surface area contributed by atoms with Crippen molar-refractivity contribution in [2.24, 2.45) is 11.8 Å². The Morgan fingerprint density at radius 3 is 1.39 bits per heavy atom. The Morgan fingerprint density at radius 2 is 0.898 bits per heavy atom. The number of nitrogens with zero attached hydrogens (tertiary/aromatic N) is 1. The van der Waals surface area contributed by atoms with Crippen LogP contribution in [0.3, 0.4) is 0 Å². The highest BCUT2D eigenvalue weighted by molar-refractivity contribution is 6.39. The summed E-state index contributed by atoms with van der Waals surface area (Å²) in [6.07, 6.45) is 0. The van der Waals surface area contributed by atoms with E-state index in [0.29, 0.717) is 5.69 Å². The molecule has 2 fully saturated rings. The summed E-state index contributed by atoms with van der Waals surface area (Å²) in [7, 11) is 0. The molecule has 6 aromatic rings. The van der Waals surface area contributed by atoms with Gasteiger partial charge in [-0.05, 0) is 58.7 Å². The molecule has 4 heteroatoms. The molecule has 3 aliphatic rings. The monoisotopic (exact) mass is 635 g/mol. The molecule has 0 unspecified atom stereocenters. The van der Waals surface area contributed by atoms with Crippen molar-refractivity contribution >= 4 is 45.2 Å². The van der Waals surface area contributed by atoms with E-state index in [1.807, 2.05) is 117 Å². The van der Waals surface area contributed by atoms with E-state index in [1.54, 1.807) is 0 Å². The highest BCUT2D eigenvalue weighted by atomic mass is 16.2. The van der Waals surface area contributed by atoms with E-state index < -0.39 is 22.7 Å². The first-order chi connectivity index (χ1) is 23.9. The Morgan fingerprint density at radius 1 is 0.469 bits per heavy atom. The number of carbonyl (C=O) groups excluding carboxylic acids is 3. The van der Waals surface area contributed by atoms with E-state index in [-0.39, 0.29) is 17.6 Å². The maximum absolute atomic E-state index is 16.1. The molecule has 0 radical (unpaired) electrons. The van der Waals surface area contributed by atoms with Crippen LogP contribution in [0.1, 0.15) is 33.4 Å². The number of carbonyl (C=O) groups is 3. The number of imide groups is 1. The molecule has 0 aromatic heterocycles. The summed E-state index contributed by atoms with van der Waals surface area (Å²) in [5.41, 5.74) is 4.69. The lowest BCUT2D eigenvalue weighted by molar-refractivity contribution is -0.130. The van der Waals surface area contributed by atoms with Crippen LogP contribution in [0.4, 0.5) is 5.69 Å². The second-order valence-electron chi connectivity index (χ2n) is 13.6. The third kappa shape index (κ3) is 3.72. The molecular weight excluding hydrogens is 602 g/mol. The summed E-state index contributed by atoms with van der Waals surface area (Å²) >= 11 is 0. The topological polar surface area (TPSA) is 54.5 Å². The predicted octanol–water partition coefficient (Wildman–Crippen LogP) is 8.65. The number of fused-ring (bicyclic) bond motifs is 6. The molecule has 236 valence electrons. The first-order valence-electron chi connectivity index (χ1n) is 16.8. The smallest absolute Gasteiger partial charge is 0.239 e. The molecule has 1 heterocycles. The second-order valence-corrected chi connectivity index (χ2v) is 13.6. The summed E-state index contributed by atoms with van der Waals surface area (Å²) in [5, 5.41) is 1.75.